The van der Waals surface area contributed by atoms with Crippen LogP contribution in [0, 0.1) is 6.92 Å². The van der Waals surface area contributed by atoms with E-state index in [4.69, 9.17) is 4.74 Å². The third-order valence-corrected chi connectivity index (χ3v) is 3.27. The fourth-order valence-corrected chi connectivity index (χ4v) is 2.18. The number of hydrogen-bond donors (Lipinski definition) is 2. The fourth-order valence-electron chi connectivity index (χ4n) is 2.18. The van der Waals surface area contributed by atoms with Gasteiger partial charge in [0, 0.05) is 18.8 Å². The lowest BCUT2D eigenvalue weighted by Crippen LogP contribution is -2.33. The van der Waals surface area contributed by atoms with Gasteiger partial charge in [0.2, 0.25) is 0 Å². The normalized spacial score (nSPS) is 18.4. The highest BCUT2D eigenvalue weighted by atomic mass is 19.4. The molecule has 0 radical (unpaired) electrons. The van der Waals surface area contributed by atoms with Gasteiger partial charge in [0.15, 0.2) is 6.61 Å². The number of nitrogens with zero attached hydrogens (tertiary/aromatic N) is 1. The van der Waals surface area contributed by atoms with E-state index in [-0.39, 0.29) is 18.3 Å². The summed E-state index contributed by atoms with van der Waals surface area (Å²) in [6, 6.07) is 4.05. The van der Waals surface area contributed by atoms with Crippen LogP contribution in [0.1, 0.15) is 12.0 Å². The minimum atomic E-state index is -4.39. The van der Waals surface area contributed by atoms with Crippen LogP contribution in [0.25, 0.3) is 0 Å². The van der Waals surface area contributed by atoms with Crippen LogP contribution in [-0.4, -0.2) is 48.0 Å². The number of urea groups is 1. The predicted molar refractivity (Wildman–Crippen MR) is 73.9 cm³/mol. The summed E-state index contributed by atoms with van der Waals surface area (Å²) in [5.41, 5.74) is 0.951. The molecule has 1 aliphatic heterocycles. The van der Waals surface area contributed by atoms with Crippen molar-refractivity contribution in [3.05, 3.63) is 23.8 Å². The zero-order valence-electron chi connectivity index (χ0n) is 12.0. The molecule has 0 bridgehead atoms. The topological polar surface area (TPSA) is 61.8 Å². The van der Waals surface area contributed by atoms with Crippen molar-refractivity contribution in [1.29, 1.82) is 0 Å². The maximum atomic E-state index is 12.1. The number of nitrogens with one attached hydrogen (secondary N) is 1. The van der Waals surface area contributed by atoms with E-state index in [2.05, 4.69) is 5.32 Å². The number of aryl methyl sites for hydroxylation is 1. The molecule has 0 saturated carbocycles. The van der Waals surface area contributed by atoms with E-state index in [0.717, 1.165) is 0 Å². The number of benzene rings is 1. The number of carbonyl (C=O) groups is 1. The minimum absolute atomic E-state index is 0.118. The molecule has 122 valence electrons. The third kappa shape index (κ3) is 4.52. The number of halogens is 3. The van der Waals surface area contributed by atoms with Crippen molar-refractivity contribution in [3.63, 3.8) is 0 Å². The molecule has 0 spiro atoms. The lowest BCUT2D eigenvalue weighted by atomic mass is 10.2. The number of alkyl halides is 3. The number of β-amino-alcohol motifs (C(OH)–C–C–N with tert-alkyl or cyclic N) is 1. The number of amides is 2. The molecular formula is C14H17F3N2O3. The summed E-state index contributed by atoms with van der Waals surface area (Å²) in [5, 5.41) is 12.0. The van der Waals surface area contributed by atoms with Gasteiger partial charge in [0.1, 0.15) is 5.75 Å². The lowest BCUT2D eigenvalue weighted by molar-refractivity contribution is -0.153. The second-order valence-electron chi connectivity index (χ2n) is 5.20. The van der Waals surface area contributed by atoms with Gasteiger partial charge >= 0.3 is 12.2 Å². The summed E-state index contributed by atoms with van der Waals surface area (Å²) < 4.78 is 41.1. The van der Waals surface area contributed by atoms with Crippen molar-refractivity contribution in [3.8, 4) is 5.75 Å². The Balaban J connectivity index is 1.95. The number of aliphatic hydroxyl groups is 1. The number of rotatable bonds is 3. The minimum Gasteiger partial charge on any atom is -0.484 e. The van der Waals surface area contributed by atoms with E-state index in [9.17, 15) is 23.1 Å². The van der Waals surface area contributed by atoms with Gasteiger partial charge in [-0.25, -0.2) is 4.79 Å². The third-order valence-electron chi connectivity index (χ3n) is 3.27. The average Bonchev–Trinajstić information content (AvgIpc) is 2.83. The Labute approximate surface area is 125 Å². The van der Waals surface area contributed by atoms with Crippen LogP contribution in [0.15, 0.2) is 18.2 Å². The monoisotopic (exact) mass is 318 g/mol. The average molecular weight is 318 g/mol. The van der Waals surface area contributed by atoms with E-state index >= 15 is 0 Å². The summed E-state index contributed by atoms with van der Waals surface area (Å²) in [5.74, 6) is 0.118. The van der Waals surface area contributed by atoms with Crippen LogP contribution in [0.4, 0.5) is 23.7 Å². The van der Waals surface area contributed by atoms with Crippen molar-refractivity contribution in [2.75, 3.05) is 25.0 Å². The van der Waals surface area contributed by atoms with Gasteiger partial charge in [-0.05, 0) is 37.1 Å². The zero-order chi connectivity index (χ0) is 16.3. The Morgan fingerprint density at radius 3 is 2.77 bits per heavy atom. The first kappa shape index (κ1) is 16.4. The van der Waals surface area contributed by atoms with Crippen LogP contribution >= 0.6 is 0 Å². The molecule has 1 fully saturated rings. The molecule has 0 aliphatic carbocycles. The van der Waals surface area contributed by atoms with Crippen LogP contribution in [0.3, 0.4) is 0 Å². The van der Waals surface area contributed by atoms with E-state index in [1.54, 1.807) is 6.92 Å². The van der Waals surface area contributed by atoms with Crippen LogP contribution in [-0.2, 0) is 0 Å². The number of ether oxygens (including phenoxy) is 1. The highest BCUT2D eigenvalue weighted by Gasteiger charge is 2.28. The Kier molecular flexibility index (Phi) is 4.80. The molecule has 2 rings (SSSR count). The SMILES string of the molecule is Cc1cc(NC(=O)N2CC[C@@H](O)C2)ccc1OCC(F)(F)F. The molecule has 1 aliphatic rings. The quantitative estimate of drug-likeness (QED) is 0.900. The summed E-state index contributed by atoms with van der Waals surface area (Å²) in [7, 11) is 0. The number of hydrogen-bond acceptors (Lipinski definition) is 3. The van der Waals surface area contributed by atoms with Gasteiger partial charge in [-0.3, -0.25) is 0 Å². The maximum Gasteiger partial charge on any atom is 0.422 e. The standard InChI is InChI=1S/C14H17F3N2O3/c1-9-6-10(2-3-12(9)22-8-14(15,16)17)18-13(21)19-5-4-11(20)7-19/h2-3,6,11,20H,4-5,7-8H2,1H3,(H,18,21)/t11-/m1/s1. The van der Waals surface area contributed by atoms with Gasteiger partial charge in [0.05, 0.1) is 6.10 Å². The molecule has 1 saturated heterocycles. The predicted octanol–water partition coefficient (Wildman–Crippen LogP) is 2.53. The van der Waals surface area contributed by atoms with E-state index in [0.29, 0.717) is 24.2 Å². The summed E-state index contributed by atoms with van der Waals surface area (Å²) >= 11 is 0. The van der Waals surface area contributed by atoms with Gasteiger partial charge in [-0.2, -0.15) is 13.2 Å². The van der Waals surface area contributed by atoms with Gasteiger partial charge < -0.3 is 20.1 Å². The van der Waals surface area contributed by atoms with Crippen molar-refractivity contribution in [2.45, 2.75) is 25.6 Å². The number of anilines is 1. The molecule has 1 aromatic rings. The second kappa shape index (κ2) is 6.43. The molecule has 5 nitrogen and oxygen atoms in total. The van der Waals surface area contributed by atoms with Gasteiger partial charge in [0.25, 0.3) is 0 Å². The Bertz CT molecular complexity index is 549. The lowest BCUT2D eigenvalue weighted by Gasteiger charge is -2.17. The molecule has 0 aromatic heterocycles. The van der Waals surface area contributed by atoms with Gasteiger partial charge in [-0.15, -0.1) is 0 Å². The maximum absolute atomic E-state index is 12.1. The summed E-state index contributed by atoms with van der Waals surface area (Å²) in [6.45, 7) is 0.989. The van der Waals surface area contributed by atoms with E-state index < -0.39 is 18.9 Å². The highest BCUT2D eigenvalue weighted by Crippen LogP contribution is 2.25. The molecule has 2 amide bonds. The number of likely N-dealkylation sites (tertiary alicyclic amines) is 1. The highest BCUT2D eigenvalue weighted by molar-refractivity contribution is 5.89. The van der Waals surface area contributed by atoms with Crippen molar-refractivity contribution in [2.24, 2.45) is 0 Å². The molecule has 1 atom stereocenters. The van der Waals surface area contributed by atoms with Crippen molar-refractivity contribution >= 4 is 11.7 Å². The first-order valence-electron chi connectivity index (χ1n) is 6.79. The van der Waals surface area contributed by atoms with Crippen molar-refractivity contribution in [1.82, 2.24) is 4.90 Å². The van der Waals surface area contributed by atoms with E-state index in [1.807, 2.05) is 0 Å². The molecule has 0 unspecified atom stereocenters. The first-order chi connectivity index (χ1) is 10.2. The molecule has 22 heavy (non-hydrogen) atoms. The largest absolute Gasteiger partial charge is 0.484 e. The number of aliphatic hydroxyl groups excluding tert-OH is 1. The van der Waals surface area contributed by atoms with E-state index in [1.165, 1.54) is 23.1 Å². The number of carbonyl (C=O) groups excluding carboxylic acids is 1. The van der Waals surface area contributed by atoms with Crippen LogP contribution < -0.4 is 10.1 Å². The zero-order valence-corrected chi connectivity index (χ0v) is 12.0. The Hall–Kier alpha value is -1.96. The van der Waals surface area contributed by atoms with Crippen LogP contribution in [0.5, 0.6) is 5.75 Å². The Morgan fingerprint density at radius 2 is 2.23 bits per heavy atom. The summed E-state index contributed by atoms with van der Waals surface area (Å²) in [4.78, 5) is 13.4. The molecule has 2 N–H and O–H groups in total. The smallest absolute Gasteiger partial charge is 0.422 e. The van der Waals surface area contributed by atoms with Gasteiger partial charge in [-0.1, -0.05) is 0 Å². The molecule has 8 heteroatoms. The van der Waals surface area contributed by atoms with Crippen molar-refractivity contribution < 1.29 is 27.8 Å². The second-order valence-corrected chi connectivity index (χ2v) is 5.20. The molecular weight excluding hydrogens is 301 g/mol. The summed E-state index contributed by atoms with van der Waals surface area (Å²) in [6.07, 6.45) is -4.36. The fraction of sp³-hybridized carbons (Fsp3) is 0.500. The Morgan fingerprint density at radius 1 is 1.50 bits per heavy atom. The van der Waals surface area contributed by atoms with Crippen LogP contribution in [0.2, 0.25) is 0 Å². The first-order valence-corrected chi connectivity index (χ1v) is 6.79. The molecule has 1 heterocycles. The molecule has 1 aromatic carbocycles.